The van der Waals surface area contributed by atoms with Crippen LogP contribution in [0.3, 0.4) is 0 Å². The number of methoxy groups -OCH3 is 2. The largest absolute Gasteiger partial charge is 0.493 e. The van der Waals surface area contributed by atoms with Crippen molar-refractivity contribution in [2.45, 2.75) is 6.42 Å². The number of furan rings is 1. The van der Waals surface area contributed by atoms with Gasteiger partial charge in [-0.2, -0.15) is 0 Å². The number of ether oxygens (including phenoxy) is 2. The Labute approximate surface area is 159 Å². The first-order valence-corrected chi connectivity index (χ1v) is 8.73. The zero-order valence-electron chi connectivity index (χ0n) is 15.8. The normalized spacial score (nSPS) is 10.5. The number of hydrogen-bond donors (Lipinski definition) is 0. The summed E-state index contributed by atoms with van der Waals surface area (Å²) in [4.78, 5) is 14.5. The van der Waals surface area contributed by atoms with Crippen LogP contribution in [0.4, 0.5) is 0 Å². The van der Waals surface area contributed by atoms with Crippen molar-refractivity contribution in [2.75, 3.05) is 27.8 Å². The summed E-state index contributed by atoms with van der Waals surface area (Å²) in [6, 6.07) is 17.4. The van der Waals surface area contributed by atoms with Crippen molar-refractivity contribution in [2.24, 2.45) is 0 Å². The number of rotatable bonds is 7. The Bertz CT molecular complexity index is 902. The molecular formula is C22H23NO4. The van der Waals surface area contributed by atoms with Crippen LogP contribution < -0.4 is 9.47 Å². The van der Waals surface area contributed by atoms with Crippen molar-refractivity contribution in [3.8, 4) is 22.6 Å². The van der Waals surface area contributed by atoms with Crippen LogP contribution in [0.2, 0.25) is 0 Å². The van der Waals surface area contributed by atoms with Crippen LogP contribution in [0.15, 0.2) is 65.3 Å². The molecule has 0 unspecified atom stereocenters. The minimum atomic E-state index is -0.140. The van der Waals surface area contributed by atoms with Crippen LogP contribution in [0.25, 0.3) is 11.1 Å². The number of carbonyl (C=O) groups excluding carboxylic acids is 1. The van der Waals surface area contributed by atoms with E-state index >= 15 is 0 Å². The van der Waals surface area contributed by atoms with E-state index in [-0.39, 0.29) is 5.91 Å². The van der Waals surface area contributed by atoms with Gasteiger partial charge in [0.2, 0.25) is 0 Å². The smallest absolute Gasteiger partial charge is 0.289 e. The first-order chi connectivity index (χ1) is 13.1. The monoisotopic (exact) mass is 365 g/mol. The average molecular weight is 365 g/mol. The van der Waals surface area contributed by atoms with Crippen molar-refractivity contribution in [1.82, 2.24) is 4.90 Å². The molecule has 0 saturated carbocycles. The summed E-state index contributed by atoms with van der Waals surface area (Å²) in [6.07, 6.45) is 2.25. The lowest BCUT2D eigenvalue weighted by molar-refractivity contribution is 0.0766. The molecule has 5 nitrogen and oxygen atoms in total. The lowest BCUT2D eigenvalue weighted by atomic mass is 10.1. The number of carbonyl (C=O) groups is 1. The summed E-state index contributed by atoms with van der Waals surface area (Å²) in [5.41, 5.74) is 2.83. The predicted octanol–water partition coefficient (Wildman–Crippen LogP) is 4.28. The maximum absolute atomic E-state index is 12.8. The van der Waals surface area contributed by atoms with Gasteiger partial charge in [-0.05, 0) is 35.7 Å². The molecule has 0 aliphatic heterocycles. The summed E-state index contributed by atoms with van der Waals surface area (Å²) in [5, 5.41) is 0. The van der Waals surface area contributed by atoms with Gasteiger partial charge in [-0.25, -0.2) is 0 Å². The molecule has 3 rings (SSSR count). The molecule has 0 aliphatic rings. The quantitative estimate of drug-likeness (QED) is 0.627. The van der Waals surface area contributed by atoms with Crippen LogP contribution in [-0.2, 0) is 6.42 Å². The van der Waals surface area contributed by atoms with E-state index in [2.05, 4.69) is 0 Å². The van der Waals surface area contributed by atoms with E-state index in [4.69, 9.17) is 13.9 Å². The Morgan fingerprint density at radius 2 is 1.74 bits per heavy atom. The highest BCUT2D eigenvalue weighted by molar-refractivity contribution is 5.98. The van der Waals surface area contributed by atoms with Crippen molar-refractivity contribution >= 4 is 5.91 Å². The van der Waals surface area contributed by atoms with Gasteiger partial charge in [0.15, 0.2) is 17.3 Å². The number of nitrogens with zero attached hydrogens (tertiary/aromatic N) is 1. The van der Waals surface area contributed by atoms with Crippen molar-refractivity contribution < 1.29 is 18.7 Å². The van der Waals surface area contributed by atoms with Crippen LogP contribution in [0, 0.1) is 0 Å². The number of amides is 1. The molecule has 5 heteroatoms. The van der Waals surface area contributed by atoms with Crippen LogP contribution >= 0.6 is 0 Å². The number of benzene rings is 2. The molecule has 0 radical (unpaired) electrons. The molecule has 0 fully saturated rings. The second kappa shape index (κ2) is 8.45. The SMILES string of the molecule is COc1ccc(CCN(C)C(=O)c2occc2-c2ccccc2)cc1OC. The topological polar surface area (TPSA) is 51.9 Å². The van der Waals surface area contributed by atoms with E-state index in [9.17, 15) is 4.79 Å². The van der Waals surface area contributed by atoms with Crippen molar-refractivity contribution in [3.63, 3.8) is 0 Å². The van der Waals surface area contributed by atoms with Crippen molar-refractivity contribution in [3.05, 3.63) is 72.2 Å². The third kappa shape index (κ3) is 4.14. The Balaban J connectivity index is 1.70. The predicted molar refractivity (Wildman–Crippen MR) is 104 cm³/mol. The molecule has 1 amide bonds. The zero-order valence-corrected chi connectivity index (χ0v) is 15.8. The highest BCUT2D eigenvalue weighted by atomic mass is 16.5. The van der Waals surface area contributed by atoms with Crippen molar-refractivity contribution in [1.29, 1.82) is 0 Å². The van der Waals surface area contributed by atoms with E-state index in [1.807, 2.05) is 54.6 Å². The summed E-state index contributed by atoms with van der Waals surface area (Å²) < 4.78 is 16.1. The first-order valence-electron chi connectivity index (χ1n) is 8.73. The van der Waals surface area contributed by atoms with E-state index in [1.54, 1.807) is 32.4 Å². The maximum Gasteiger partial charge on any atom is 0.289 e. The van der Waals surface area contributed by atoms with Crippen LogP contribution in [0.5, 0.6) is 11.5 Å². The molecule has 0 aliphatic carbocycles. The van der Waals surface area contributed by atoms with Gasteiger partial charge in [0.25, 0.3) is 5.91 Å². The molecule has 0 saturated heterocycles. The Morgan fingerprint density at radius 3 is 2.44 bits per heavy atom. The third-order valence-electron chi connectivity index (χ3n) is 4.47. The zero-order chi connectivity index (χ0) is 19.2. The first kappa shape index (κ1) is 18.6. The lowest BCUT2D eigenvalue weighted by Gasteiger charge is -2.17. The molecule has 1 aromatic heterocycles. The molecule has 0 spiro atoms. The summed E-state index contributed by atoms with van der Waals surface area (Å²) in [6.45, 7) is 0.559. The van der Waals surface area contributed by atoms with Gasteiger partial charge in [0.05, 0.1) is 20.5 Å². The van der Waals surface area contributed by atoms with Crippen LogP contribution in [-0.4, -0.2) is 38.6 Å². The fourth-order valence-corrected chi connectivity index (χ4v) is 2.93. The Kier molecular flexibility index (Phi) is 5.81. The summed E-state index contributed by atoms with van der Waals surface area (Å²) in [7, 11) is 5.00. The molecule has 2 aromatic carbocycles. The van der Waals surface area contributed by atoms with Crippen LogP contribution in [0.1, 0.15) is 16.1 Å². The van der Waals surface area contributed by atoms with E-state index in [0.29, 0.717) is 30.2 Å². The van der Waals surface area contributed by atoms with Gasteiger partial charge < -0.3 is 18.8 Å². The highest BCUT2D eigenvalue weighted by Crippen LogP contribution is 2.28. The minimum absolute atomic E-state index is 0.140. The molecule has 3 aromatic rings. The molecule has 140 valence electrons. The lowest BCUT2D eigenvalue weighted by Crippen LogP contribution is -2.28. The average Bonchev–Trinajstić information content (AvgIpc) is 3.21. The summed E-state index contributed by atoms with van der Waals surface area (Å²) >= 11 is 0. The second-order valence-corrected chi connectivity index (χ2v) is 6.20. The fraction of sp³-hybridized carbons (Fsp3) is 0.227. The second-order valence-electron chi connectivity index (χ2n) is 6.20. The Morgan fingerprint density at radius 1 is 1.00 bits per heavy atom. The minimum Gasteiger partial charge on any atom is -0.493 e. The molecular weight excluding hydrogens is 342 g/mol. The highest BCUT2D eigenvalue weighted by Gasteiger charge is 2.20. The Hall–Kier alpha value is -3.21. The summed E-state index contributed by atoms with van der Waals surface area (Å²) in [5.74, 6) is 1.59. The maximum atomic E-state index is 12.8. The van der Waals surface area contributed by atoms with E-state index in [1.165, 1.54) is 0 Å². The molecule has 27 heavy (non-hydrogen) atoms. The van der Waals surface area contributed by atoms with Gasteiger partial charge in [-0.3, -0.25) is 4.79 Å². The van der Waals surface area contributed by atoms with Gasteiger partial charge in [0, 0.05) is 19.2 Å². The van der Waals surface area contributed by atoms with Gasteiger partial charge >= 0.3 is 0 Å². The molecule has 0 N–H and O–H groups in total. The standard InChI is InChI=1S/C22H23NO4/c1-23(13-11-16-9-10-19(25-2)20(15-16)26-3)22(24)21-18(12-14-27-21)17-7-5-4-6-8-17/h4-10,12,14-15H,11,13H2,1-3H3. The molecule has 1 heterocycles. The number of likely N-dealkylation sites (N-methyl/N-ethyl adjacent to an activating group) is 1. The van der Waals surface area contributed by atoms with E-state index in [0.717, 1.165) is 16.7 Å². The fourth-order valence-electron chi connectivity index (χ4n) is 2.93. The molecule has 0 bridgehead atoms. The van der Waals surface area contributed by atoms with E-state index < -0.39 is 0 Å². The number of hydrogen-bond acceptors (Lipinski definition) is 4. The van der Waals surface area contributed by atoms with Gasteiger partial charge in [0.1, 0.15) is 0 Å². The molecule has 0 atom stereocenters. The van der Waals surface area contributed by atoms with Gasteiger partial charge in [-0.15, -0.1) is 0 Å². The van der Waals surface area contributed by atoms with Gasteiger partial charge in [-0.1, -0.05) is 36.4 Å². The third-order valence-corrected chi connectivity index (χ3v) is 4.47.